The van der Waals surface area contributed by atoms with Crippen LogP contribution in [0.4, 0.5) is 16.2 Å². The molecule has 6 heteroatoms. The number of amides is 3. The highest BCUT2D eigenvalue weighted by Crippen LogP contribution is 2.16. The zero-order valence-corrected chi connectivity index (χ0v) is 13.3. The number of rotatable bonds is 6. The van der Waals surface area contributed by atoms with Crippen LogP contribution < -0.4 is 20.7 Å². The third-order valence-corrected chi connectivity index (χ3v) is 3.11. The molecule has 0 heterocycles. The van der Waals surface area contributed by atoms with E-state index in [1.54, 1.807) is 54.6 Å². The Morgan fingerprint density at radius 1 is 1.00 bits per heavy atom. The lowest BCUT2D eigenvalue weighted by Gasteiger charge is -2.08. The summed E-state index contributed by atoms with van der Waals surface area (Å²) in [7, 11) is 1.54. The van der Waals surface area contributed by atoms with Gasteiger partial charge in [-0.15, -0.1) is 0 Å². The summed E-state index contributed by atoms with van der Waals surface area (Å²) in [5.74, 6) is 0.452. The molecule has 2 aromatic carbocycles. The van der Waals surface area contributed by atoms with Crippen molar-refractivity contribution >= 4 is 23.3 Å². The van der Waals surface area contributed by atoms with Gasteiger partial charge in [-0.1, -0.05) is 12.7 Å². The molecule has 0 aliphatic heterocycles. The molecule has 0 radical (unpaired) electrons. The van der Waals surface area contributed by atoms with Gasteiger partial charge in [0.25, 0.3) is 5.91 Å². The largest absolute Gasteiger partial charge is 0.490 e. The second-order valence-electron chi connectivity index (χ2n) is 4.86. The van der Waals surface area contributed by atoms with Crippen LogP contribution >= 0.6 is 0 Å². The topological polar surface area (TPSA) is 79.5 Å². The molecule has 2 rings (SSSR count). The van der Waals surface area contributed by atoms with Crippen LogP contribution in [0, 0.1) is 0 Å². The normalized spacial score (nSPS) is 9.71. The van der Waals surface area contributed by atoms with Crippen LogP contribution in [0.15, 0.2) is 61.2 Å². The van der Waals surface area contributed by atoms with Gasteiger partial charge in [0.2, 0.25) is 0 Å². The molecule has 0 saturated heterocycles. The lowest BCUT2D eigenvalue weighted by Crippen LogP contribution is -2.24. The molecule has 0 atom stereocenters. The molecule has 0 saturated carbocycles. The minimum Gasteiger partial charge on any atom is -0.490 e. The van der Waals surface area contributed by atoms with E-state index in [0.29, 0.717) is 29.3 Å². The van der Waals surface area contributed by atoms with Crippen LogP contribution in [-0.2, 0) is 0 Å². The first-order chi connectivity index (χ1) is 11.6. The molecule has 0 aliphatic carbocycles. The van der Waals surface area contributed by atoms with Crippen molar-refractivity contribution in [3.8, 4) is 5.75 Å². The summed E-state index contributed by atoms with van der Waals surface area (Å²) in [4.78, 5) is 23.4. The summed E-state index contributed by atoms with van der Waals surface area (Å²) in [6.07, 6.45) is 1.66. The predicted molar refractivity (Wildman–Crippen MR) is 94.6 cm³/mol. The molecule has 3 amide bonds. The molecule has 0 aliphatic rings. The zero-order chi connectivity index (χ0) is 17.4. The number of hydrogen-bond donors (Lipinski definition) is 3. The average molecular weight is 325 g/mol. The van der Waals surface area contributed by atoms with Crippen molar-refractivity contribution in [2.45, 2.75) is 0 Å². The molecule has 0 aromatic heterocycles. The molecule has 124 valence electrons. The number of benzene rings is 2. The maximum Gasteiger partial charge on any atom is 0.318 e. The van der Waals surface area contributed by atoms with E-state index in [2.05, 4.69) is 22.5 Å². The van der Waals surface area contributed by atoms with Gasteiger partial charge in [-0.25, -0.2) is 4.79 Å². The average Bonchev–Trinajstić information content (AvgIpc) is 2.61. The van der Waals surface area contributed by atoms with Gasteiger partial charge in [0, 0.05) is 24.0 Å². The van der Waals surface area contributed by atoms with Crippen molar-refractivity contribution in [2.75, 3.05) is 24.3 Å². The van der Waals surface area contributed by atoms with E-state index in [4.69, 9.17) is 4.74 Å². The molecular weight excluding hydrogens is 306 g/mol. The van der Waals surface area contributed by atoms with Crippen LogP contribution in [0.1, 0.15) is 10.4 Å². The highest BCUT2D eigenvalue weighted by Gasteiger charge is 2.07. The first-order valence-electron chi connectivity index (χ1n) is 7.36. The van der Waals surface area contributed by atoms with Gasteiger partial charge >= 0.3 is 6.03 Å². The Morgan fingerprint density at radius 3 is 2.12 bits per heavy atom. The van der Waals surface area contributed by atoms with Gasteiger partial charge in [-0.05, 0) is 48.5 Å². The SMILES string of the molecule is C=CCOc1ccc(C(=O)Nc2ccc(NC(=O)NC)cc2)cc1. The summed E-state index contributed by atoms with van der Waals surface area (Å²) in [5.41, 5.74) is 1.79. The quantitative estimate of drug-likeness (QED) is 0.713. The van der Waals surface area contributed by atoms with Crippen molar-refractivity contribution in [1.29, 1.82) is 0 Å². The molecule has 24 heavy (non-hydrogen) atoms. The Bertz CT molecular complexity index is 709. The van der Waals surface area contributed by atoms with E-state index in [0.717, 1.165) is 0 Å². The van der Waals surface area contributed by atoms with Gasteiger partial charge in [0.15, 0.2) is 0 Å². The second kappa shape index (κ2) is 8.38. The minimum absolute atomic E-state index is 0.225. The van der Waals surface area contributed by atoms with Gasteiger partial charge in [-0.3, -0.25) is 4.79 Å². The lowest BCUT2D eigenvalue weighted by molar-refractivity contribution is 0.102. The van der Waals surface area contributed by atoms with Crippen molar-refractivity contribution in [3.63, 3.8) is 0 Å². The summed E-state index contributed by atoms with van der Waals surface area (Å²) in [5, 5.41) is 7.90. The van der Waals surface area contributed by atoms with Gasteiger partial charge < -0.3 is 20.7 Å². The van der Waals surface area contributed by atoms with E-state index < -0.39 is 0 Å². The van der Waals surface area contributed by atoms with Crippen molar-refractivity contribution in [1.82, 2.24) is 5.32 Å². The summed E-state index contributed by atoms with van der Waals surface area (Å²) >= 11 is 0. The maximum absolute atomic E-state index is 12.2. The monoisotopic (exact) mass is 325 g/mol. The predicted octanol–water partition coefficient (Wildman–Crippen LogP) is 3.26. The lowest BCUT2D eigenvalue weighted by atomic mass is 10.2. The number of anilines is 2. The Morgan fingerprint density at radius 2 is 1.58 bits per heavy atom. The summed E-state index contributed by atoms with van der Waals surface area (Å²) < 4.78 is 5.37. The van der Waals surface area contributed by atoms with Crippen LogP contribution in [0.3, 0.4) is 0 Å². The zero-order valence-electron chi connectivity index (χ0n) is 13.3. The molecule has 0 spiro atoms. The number of ether oxygens (including phenoxy) is 1. The molecule has 0 unspecified atom stereocenters. The van der Waals surface area contributed by atoms with Gasteiger partial charge in [0.05, 0.1) is 0 Å². The van der Waals surface area contributed by atoms with Crippen molar-refractivity contribution < 1.29 is 14.3 Å². The fourth-order valence-electron chi connectivity index (χ4n) is 1.89. The van der Waals surface area contributed by atoms with E-state index in [9.17, 15) is 9.59 Å². The summed E-state index contributed by atoms with van der Waals surface area (Å²) in [6, 6.07) is 13.4. The Hall–Kier alpha value is -3.28. The number of hydrogen-bond acceptors (Lipinski definition) is 3. The van der Waals surface area contributed by atoms with E-state index in [-0.39, 0.29) is 11.9 Å². The van der Waals surface area contributed by atoms with Crippen LogP contribution in [0.2, 0.25) is 0 Å². The number of carbonyl (C=O) groups excluding carboxylic acids is 2. The highest BCUT2D eigenvalue weighted by molar-refractivity contribution is 6.04. The molecule has 2 aromatic rings. The Kier molecular flexibility index (Phi) is 5.96. The van der Waals surface area contributed by atoms with Crippen molar-refractivity contribution in [3.05, 3.63) is 66.7 Å². The Balaban J connectivity index is 1.96. The fourth-order valence-corrected chi connectivity index (χ4v) is 1.89. The maximum atomic E-state index is 12.2. The van der Waals surface area contributed by atoms with Gasteiger partial charge in [0.1, 0.15) is 12.4 Å². The first-order valence-corrected chi connectivity index (χ1v) is 7.36. The van der Waals surface area contributed by atoms with Crippen LogP contribution in [0.5, 0.6) is 5.75 Å². The van der Waals surface area contributed by atoms with Crippen LogP contribution in [-0.4, -0.2) is 25.6 Å². The number of nitrogens with one attached hydrogen (secondary N) is 3. The summed E-state index contributed by atoms with van der Waals surface area (Å²) in [6.45, 7) is 4.00. The highest BCUT2D eigenvalue weighted by atomic mass is 16.5. The molecule has 0 bridgehead atoms. The molecular formula is C18H19N3O3. The van der Waals surface area contributed by atoms with E-state index in [1.165, 1.54) is 7.05 Å². The third-order valence-electron chi connectivity index (χ3n) is 3.11. The van der Waals surface area contributed by atoms with Gasteiger partial charge in [-0.2, -0.15) is 0 Å². The Labute approximate surface area is 140 Å². The molecule has 6 nitrogen and oxygen atoms in total. The minimum atomic E-state index is -0.300. The van der Waals surface area contributed by atoms with Crippen LogP contribution in [0.25, 0.3) is 0 Å². The second-order valence-corrected chi connectivity index (χ2v) is 4.86. The number of urea groups is 1. The van der Waals surface area contributed by atoms with E-state index >= 15 is 0 Å². The molecule has 3 N–H and O–H groups in total. The smallest absolute Gasteiger partial charge is 0.318 e. The number of carbonyl (C=O) groups is 2. The first kappa shape index (κ1) is 17.1. The van der Waals surface area contributed by atoms with Crippen molar-refractivity contribution in [2.24, 2.45) is 0 Å². The standard InChI is InChI=1S/C18H19N3O3/c1-3-12-24-16-10-4-13(5-11-16)17(22)20-14-6-8-15(9-7-14)21-18(23)19-2/h3-11H,1,12H2,2H3,(H,20,22)(H2,19,21,23). The fraction of sp³-hybridized carbons (Fsp3) is 0.111. The van der Waals surface area contributed by atoms with E-state index in [1.807, 2.05) is 0 Å². The molecule has 0 fully saturated rings. The third kappa shape index (κ3) is 4.88.